The second-order valence-electron chi connectivity index (χ2n) is 15.0. The SMILES string of the molecule is C=CC(=O)OCCOCCOCCOc1ccc(OC(=O)C2CCC(C(=O)Oc3ccc(C4CCC(CCC)CC4)cc3/C=N/Nc3nc4ccccc4s3)CC2)cc1. The number of carbonyl (C=O) groups is 3. The van der Waals surface area contributed by atoms with Crippen molar-refractivity contribution in [3.8, 4) is 17.2 Å². The Kier molecular flexibility index (Phi) is 16.9. The summed E-state index contributed by atoms with van der Waals surface area (Å²) < 4.78 is 34.2. The summed E-state index contributed by atoms with van der Waals surface area (Å²) in [5.41, 5.74) is 5.97. The van der Waals surface area contributed by atoms with Gasteiger partial charge in [-0.05, 0) is 117 Å². The molecule has 0 radical (unpaired) electrons. The summed E-state index contributed by atoms with van der Waals surface area (Å²) >= 11 is 1.53. The smallest absolute Gasteiger partial charge is 0.330 e. The number of hydrazone groups is 1. The van der Waals surface area contributed by atoms with Gasteiger partial charge in [-0.25, -0.2) is 9.78 Å². The van der Waals surface area contributed by atoms with E-state index in [0.717, 1.165) is 40.6 Å². The zero-order valence-electron chi connectivity index (χ0n) is 33.8. The normalized spacial score (nSPS) is 19.3. The van der Waals surface area contributed by atoms with E-state index in [1.165, 1.54) is 42.6 Å². The number of esters is 3. The van der Waals surface area contributed by atoms with Crippen LogP contribution in [-0.2, 0) is 28.6 Å². The van der Waals surface area contributed by atoms with Crippen LogP contribution in [0.25, 0.3) is 10.2 Å². The highest BCUT2D eigenvalue weighted by molar-refractivity contribution is 7.22. The number of nitrogens with one attached hydrogen (secondary N) is 1. The van der Waals surface area contributed by atoms with E-state index in [4.69, 9.17) is 28.4 Å². The Morgan fingerprint density at radius 2 is 1.46 bits per heavy atom. The number of para-hydroxylation sites is 1. The molecule has 12 nitrogen and oxygen atoms in total. The van der Waals surface area contributed by atoms with E-state index in [-0.39, 0.29) is 37.0 Å². The number of fused-ring (bicyclic) bond motifs is 1. The lowest BCUT2D eigenvalue weighted by Crippen LogP contribution is -2.30. The van der Waals surface area contributed by atoms with E-state index in [0.29, 0.717) is 80.4 Å². The molecule has 0 unspecified atom stereocenters. The number of nitrogens with zero attached hydrogens (tertiary/aromatic N) is 2. The number of anilines is 1. The van der Waals surface area contributed by atoms with Gasteiger partial charge in [-0.3, -0.25) is 15.0 Å². The molecule has 1 aromatic heterocycles. The van der Waals surface area contributed by atoms with Crippen molar-refractivity contribution >= 4 is 50.8 Å². The van der Waals surface area contributed by atoms with E-state index in [1.807, 2.05) is 30.3 Å². The second kappa shape index (κ2) is 22.9. The molecule has 2 aliphatic carbocycles. The molecule has 0 saturated heterocycles. The fraction of sp³-hybridized carbons (Fsp3) is 0.457. The molecule has 59 heavy (non-hydrogen) atoms. The van der Waals surface area contributed by atoms with Gasteiger partial charge >= 0.3 is 17.9 Å². The van der Waals surface area contributed by atoms with Crippen LogP contribution < -0.4 is 19.6 Å². The van der Waals surface area contributed by atoms with E-state index in [2.05, 4.69) is 41.1 Å². The largest absolute Gasteiger partial charge is 0.491 e. The molecule has 6 rings (SSSR count). The molecule has 1 N–H and O–H groups in total. The highest BCUT2D eigenvalue weighted by Gasteiger charge is 2.33. The van der Waals surface area contributed by atoms with Gasteiger partial charge in [0.25, 0.3) is 0 Å². The standard InChI is InChI=1S/C46H55N3O9S/c1-3-7-32-10-12-33(13-11-32)36-18-23-41(37(30-36)31-47-49-46-48-40-8-5-6-9-42(40)59-46)58-45(52)35-16-14-34(15-17-35)44(51)57-39-21-19-38(20-22-39)55-28-26-53-24-25-54-27-29-56-43(50)4-2/h4-6,8-9,18-23,30-35H,2-3,7,10-17,24-29H2,1H3,(H,48,49)/b47-31+. The van der Waals surface area contributed by atoms with Crippen molar-refractivity contribution in [3.63, 3.8) is 0 Å². The molecule has 0 bridgehead atoms. The van der Waals surface area contributed by atoms with Crippen molar-refractivity contribution in [2.24, 2.45) is 22.9 Å². The molecule has 2 aliphatic rings. The van der Waals surface area contributed by atoms with E-state index < -0.39 is 5.97 Å². The summed E-state index contributed by atoms with van der Waals surface area (Å²) in [7, 11) is 0. The number of thiazole rings is 1. The molecule has 2 saturated carbocycles. The van der Waals surface area contributed by atoms with E-state index in [9.17, 15) is 14.4 Å². The first-order valence-electron chi connectivity index (χ1n) is 20.8. The highest BCUT2D eigenvalue weighted by atomic mass is 32.1. The van der Waals surface area contributed by atoms with Gasteiger partial charge in [0.1, 0.15) is 30.5 Å². The van der Waals surface area contributed by atoms with Gasteiger partial charge in [0.05, 0.1) is 54.7 Å². The topological polar surface area (TPSA) is 144 Å². The van der Waals surface area contributed by atoms with Gasteiger partial charge in [0, 0.05) is 11.6 Å². The van der Waals surface area contributed by atoms with Crippen LogP contribution in [0.15, 0.2) is 84.5 Å². The third kappa shape index (κ3) is 13.5. The van der Waals surface area contributed by atoms with Crippen molar-refractivity contribution < 1.29 is 42.8 Å². The fourth-order valence-corrected chi connectivity index (χ4v) is 8.46. The van der Waals surface area contributed by atoms with Crippen LogP contribution in [0.5, 0.6) is 17.2 Å². The van der Waals surface area contributed by atoms with Crippen LogP contribution in [0.2, 0.25) is 0 Å². The molecule has 1 heterocycles. The van der Waals surface area contributed by atoms with E-state index in [1.54, 1.807) is 30.5 Å². The Morgan fingerprint density at radius 1 is 0.797 bits per heavy atom. The average Bonchev–Trinajstić information content (AvgIpc) is 3.68. The molecule has 0 spiro atoms. The average molecular weight is 826 g/mol. The predicted molar refractivity (Wildman–Crippen MR) is 228 cm³/mol. The van der Waals surface area contributed by atoms with Crippen LogP contribution >= 0.6 is 11.3 Å². The van der Waals surface area contributed by atoms with Crippen LogP contribution in [0.4, 0.5) is 5.13 Å². The fourth-order valence-electron chi connectivity index (χ4n) is 7.64. The molecule has 13 heteroatoms. The Morgan fingerprint density at radius 3 is 2.15 bits per heavy atom. The lowest BCUT2D eigenvalue weighted by atomic mass is 9.77. The number of hydrogen-bond acceptors (Lipinski definition) is 13. The first-order valence-corrected chi connectivity index (χ1v) is 21.6. The highest BCUT2D eigenvalue weighted by Crippen LogP contribution is 2.39. The van der Waals surface area contributed by atoms with Crippen LogP contribution in [0, 0.1) is 17.8 Å². The summed E-state index contributed by atoms with van der Waals surface area (Å²) in [6.45, 7) is 7.50. The Labute approximate surface area is 350 Å². The molecule has 0 amide bonds. The zero-order chi connectivity index (χ0) is 41.2. The van der Waals surface area contributed by atoms with Crippen molar-refractivity contribution in [2.45, 2.75) is 77.0 Å². The van der Waals surface area contributed by atoms with Crippen molar-refractivity contribution in [2.75, 3.05) is 45.1 Å². The Bertz CT molecular complexity index is 1970. The first-order chi connectivity index (χ1) is 28.9. The van der Waals surface area contributed by atoms with Crippen molar-refractivity contribution in [3.05, 3.63) is 90.5 Å². The number of hydrogen-bond donors (Lipinski definition) is 1. The third-order valence-electron chi connectivity index (χ3n) is 10.9. The molecule has 314 valence electrons. The molecule has 3 aromatic carbocycles. The number of benzene rings is 3. The lowest BCUT2D eigenvalue weighted by Gasteiger charge is -2.29. The van der Waals surface area contributed by atoms with Crippen molar-refractivity contribution in [1.82, 2.24) is 4.98 Å². The zero-order valence-corrected chi connectivity index (χ0v) is 34.6. The number of ether oxygens (including phenoxy) is 6. The second-order valence-corrected chi connectivity index (χ2v) is 16.0. The number of aromatic nitrogens is 1. The minimum Gasteiger partial charge on any atom is -0.491 e. The maximum Gasteiger partial charge on any atom is 0.330 e. The van der Waals surface area contributed by atoms with Crippen LogP contribution in [0.1, 0.15) is 88.2 Å². The first kappa shape index (κ1) is 43.5. The molecule has 0 atom stereocenters. The summed E-state index contributed by atoms with van der Waals surface area (Å²) in [4.78, 5) is 42.2. The van der Waals surface area contributed by atoms with Gasteiger partial charge in [0.2, 0.25) is 5.13 Å². The number of rotatable bonds is 21. The minimum atomic E-state index is -0.480. The molecular weight excluding hydrogens is 771 g/mol. The number of carbonyl (C=O) groups excluding carboxylic acids is 3. The summed E-state index contributed by atoms with van der Waals surface area (Å²) in [5.74, 6) is 1.10. The predicted octanol–water partition coefficient (Wildman–Crippen LogP) is 9.27. The molecule has 0 aliphatic heterocycles. The van der Waals surface area contributed by atoms with Crippen LogP contribution in [-0.4, -0.2) is 68.7 Å². The molecular formula is C46H55N3O9S. The minimum absolute atomic E-state index is 0.164. The monoisotopic (exact) mass is 825 g/mol. The summed E-state index contributed by atoms with van der Waals surface area (Å²) in [6.07, 6.45) is 12.3. The Hall–Kier alpha value is -5.11. The maximum absolute atomic E-state index is 13.6. The Balaban J connectivity index is 0.947. The third-order valence-corrected chi connectivity index (χ3v) is 11.8. The molecule has 2 fully saturated rings. The maximum atomic E-state index is 13.6. The van der Waals surface area contributed by atoms with E-state index >= 15 is 0 Å². The van der Waals surface area contributed by atoms with Crippen LogP contribution in [0.3, 0.4) is 0 Å². The van der Waals surface area contributed by atoms with Crippen molar-refractivity contribution in [1.29, 1.82) is 0 Å². The van der Waals surface area contributed by atoms with Gasteiger partial charge in [-0.1, -0.05) is 55.9 Å². The molecule has 4 aromatic rings. The summed E-state index contributed by atoms with van der Waals surface area (Å²) in [6, 6.07) is 21.0. The van der Waals surface area contributed by atoms with Gasteiger partial charge in [-0.15, -0.1) is 0 Å². The van der Waals surface area contributed by atoms with Gasteiger partial charge in [-0.2, -0.15) is 5.10 Å². The summed E-state index contributed by atoms with van der Waals surface area (Å²) in [5, 5.41) is 5.21. The van der Waals surface area contributed by atoms with Gasteiger partial charge < -0.3 is 28.4 Å². The lowest BCUT2D eigenvalue weighted by molar-refractivity contribution is -0.145. The quantitative estimate of drug-likeness (QED) is 0.0214. The van der Waals surface area contributed by atoms with Gasteiger partial charge in [0.15, 0.2) is 0 Å².